The second kappa shape index (κ2) is 9.13. The van der Waals surface area contributed by atoms with E-state index in [9.17, 15) is 0 Å². The van der Waals surface area contributed by atoms with Crippen molar-refractivity contribution in [3.63, 3.8) is 0 Å². The summed E-state index contributed by atoms with van der Waals surface area (Å²) in [5, 5.41) is 0. The van der Waals surface area contributed by atoms with Gasteiger partial charge in [-0.1, -0.05) is 0 Å². The molecule has 0 radical (unpaired) electrons. The Morgan fingerprint density at radius 1 is 0.741 bits per heavy atom. The van der Waals surface area contributed by atoms with E-state index in [4.69, 9.17) is 0 Å². The quantitative estimate of drug-likeness (QED) is 0.422. The monoisotopic (exact) mass is 553 g/mol. The minimum absolute atomic E-state index is 1.02. The molecule has 27 heavy (non-hydrogen) atoms. The van der Waals surface area contributed by atoms with Crippen LogP contribution in [-0.2, 0) is 6.54 Å². The van der Waals surface area contributed by atoms with Gasteiger partial charge in [-0.05, 0) is 0 Å². The van der Waals surface area contributed by atoms with Gasteiger partial charge >= 0.3 is 173 Å². The first-order valence-corrected chi connectivity index (χ1v) is 14.9. The van der Waals surface area contributed by atoms with Crippen molar-refractivity contribution in [3.8, 4) is 0 Å². The second-order valence-electron chi connectivity index (χ2n) is 7.37. The molecule has 0 unspecified atom stereocenters. The van der Waals surface area contributed by atoms with Crippen LogP contribution in [0.15, 0.2) is 66.7 Å². The Labute approximate surface area is 172 Å². The van der Waals surface area contributed by atoms with Gasteiger partial charge in [0.05, 0.1) is 0 Å². The summed E-state index contributed by atoms with van der Waals surface area (Å²) in [6.45, 7) is 11.1. The number of nitrogens with zero attached hydrogens (tertiary/aromatic N) is 1. The third-order valence-electron chi connectivity index (χ3n) is 5.17. The Morgan fingerprint density at radius 3 is 1.81 bits per heavy atom. The van der Waals surface area contributed by atoms with E-state index in [0.717, 1.165) is 13.1 Å². The molecule has 3 aromatic rings. The van der Waals surface area contributed by atoms with E-state index in [2.05, 4.69) is 106 Å². The maximum atomic E-state index is 2.44. The van der Waals surface area contributed by atoms with E-state index in [0.29, 0.717) is 0 Å². The molecule has 0 aliphatic carbocycles. The van der Waals surface area contributed by atoms with Crippen molar-refractivity contribution < 1.29 is 0 Å². The Kier molecular flexibility index (Phi) is 6.85. The van der Waals surface area contributed by atoms with E-state index in [1.807, 2.05) is 0 Å². The van der Waals surface area contributed by atoms with E-state index in [1.165, 1.54) is 22.3 Å². The summed E-state index contributed by atoms with van der Waals surface area (Å²) in [6, 6.07) is 25.3. The second-order valence-corrected chi connectivity index (χ2v) is 15.6. The molecule has 140 valence electrons. The molecule has 3 rings (SSSR count). The fourth-order valence-corrected chi connectivity index (χ4v) is 14.2. The number of rotatable bonds is 6. The summed E-state index contributed by atoms with van der Waals surface area (Å²) in [5.41, 5.74) is 5.75. The van der Waals surface area contributed by atoms with Gasteiger partial charge in [-0.25, -0.2) is 0 Å². The van der Waals surface area contributed by atoms with Gasteiger partial charge in [-0.3, -0.25) is 0 Å². The first-order chi connectivity index (χ1) is 13.0. The Hall–Kier alpha value is -1.50. The van der Waals surface area contributed by atoms with Crippen LogP contribution in [0, 0.1) is 20.8 Å². The molecule has 0 atom stereocenters. The van der Waals surface area contributed by atoms with E-state index in [1.54, 1.807) is 9.81 Å². The minimum atomic E-state index is -2.38. The number of hydrogen-bond donors (Lipinski definition) is 0. The van der Waals surface area contributed by atoms with Gasteiger partial charge in [0, 0.05) is 0 Å². The van der Waals surface area contributed by atoms with Gasteiger partial charge in [-0.2, -0.15) is 0 Å². The van der Waals surface area contributed by atoms with Crippen molar-refractivity contribution >= 4 is 31.6 Å². The molecule has 2 heteroatoms. The Morgan fingerprint density at radius 2 is 1.30 bits per heavy atom. The molecule has 0 aromatic heterocycles. The van der Waals surface area contributed by atoms with Crippen LogP contribution >= 0.6 is 0 Å². The van der Waals surface area contributed by atoms with Gasteiger partial charge < -0.3 is 0 Å². The molecule has 0 aliphatic heterocycles. The number of benzene rings is 3. The van der Waals surface area contributed by atoms with Gasteiger partial charge in [0.1, 0.15) is 0 Å². The van der Waals surface area contributed by atoms with Crippen LogP contribution in [0.3, 0.4) is 0 Å². The fraction of sp³-hybridized carbons (Fsp3) is 0.280. The van der Waals surface area contributed by atoms with E-state index < -0.39 is 21.8 Å². The van der Waals surface area contributed by atoms with Gasteiger partial charge in [0.2, 0.25) is 0 Å². The normalized spacial score (nSPS) is 11.4. The van der Waals surface area contributed by atoms with Crippen molar-refractivity contribution in [1.82, 2.24) is 4.90 Å². The van der Waals surface area contributed by atoms with Gasteiger partial charge in [0.25, 0.3) is 0 Å². The molecule has 0 bridgehead atoms. The van der Waals surface area contributed by atoms with Crippen LogP contribution < -0.4 is 9.81 Å². The van der Waals surface area contributed by atoms with Crippen LogP contribution in [0.5, 0.6) is 0 Å². The maximum absolute atomic E-state index is 2.44. The summed E-state index contributed by atoms with van der Waals surface area (Å²) in [5.74, 6) is 0. The summed E-state index contributed by atoms with van der Waals surface area (Å²) in [4.78, 5) is 2.41. The number of aryl methyl sites for hydroxylation is 3. The predicted molar refractivity (Wildman–Crippen MR) is 120 cm³/mol. The Bertz CT molecular complexity index is 870. The van der Waals surface area contributed by atoms with Crippen LogP contribution in [-0.4, -0.2) is 40.2 Å². The van der Waals surface area contributed by atoms with E-state index >= 15 is 0 Å². The predicted octanol–water partition coefficient (Wildman–Crippen LogP) is 3.58. The summed E-state index contributed by atoms with van der Waals surface area (Å²) >= 11 is -2.38. The van der Waals surface area contributed by atoms with Crippen LogP contribution in [0.4, 0.5) is 0 Å². The summed E-state index contributed by atoms with van der Waals surface area (Å²) < 4.78 is 4.83. The molecular formula is C25H30BiN. The van der Waals surface area contributed by atoms with Gasteiger partial charge in [-0.15, -0.1) is 0 Å². The fourth-order valence-electron chi connectivity index (χ4n) is 3.48. The molecule has 0 saturated heterocycles. The molecule has 0 spiro atoms. The van der Waals surface area contributed by atoms with Crippen molar-refractivity contribution in [2.45, 2.75) is 34.2 Å². The zero-order valence-corrected chi connectivity index (χ0v) is 20.6. The third-order valence-corrected chi connectivity index (χ3v) is 16.4. The molecule has 0 fully saturated rings. The molecule has 0 aliphatic rings. The Balaban J connectivity index is 2.23. The van der Waals surface area contributed by atoms with E-state index in [-0.39, 0.29) is 0 Å². The van der Waals surface area contributed by atoms with Crippen molar-refractivity contribution in [3.05, 3.63) is 89.0 Å². The zero-order chi connectivity index (χ0) is 19.4. The summed E-state index contributed by atoms with van der Waals surface area (Å²) in [7, 11) is 2.22. The van der Waals surface area contributed by atoms with Crippen LogP contribution in [0.25, 0.3) is 0 Å². The standard InChI is InChI=1S/C11H16N.2C7H7.Bi/c1-4-12(3)9-11-7-5-6-10(2)8-11;2*1-7-5-3-2-4-6-7;/h5-6,8H,4,9H2,1-3H3;2*2-5H,1H3;. The average Bonchev–Trinajstić information content (AvgIpc) is 2.66. The topological polar surface area (TPSA) is 3.24 Å². The molecular weight excluding hydrogens is 523 g/mol. The summed E-state index contributed by atoms with van der Waals surface area (Å²) in [6.07, 6.45) is 0. The van der Waals surface area contributed by atoms with Crippen molar-refractivity contribution in [2.24, 2.45) is 0 Å². The van der Waals surface area contributed by atoms with Crippen molar-refractivity contribution in [2.75, 3.05) is 13.6 Å². The molecule has 0 saturated carbocycles. The first kappa shape index (κ1) is 20.2. The first-order valence-electron chi connectivity index (χ1n) is 9.70. The molecule has 0 heterocycles. The third kappa shape index (κ3) is 4.68. The average molecular weight is 554 g/mol. The van der Waals surface area contributed by atoms with Crippen molar-refractivity contribution in [1.29, 1.82) is 0 Å². The molecule has 1 nitrogen and oxygen atoms in total. The number of hydrogen-bond acceptors (Lipinski definition) is 1. The van der Waals surface area contributed by atoms with Crippen LogP contribution in [0.1, 0.15) is 29.2 Å². The molecule has 0 amide bonds. The van der Waals surface area contributed by atoms with Gasteiger partial charge in [0.15, 0.2) is 0 Å². The molecule has 3 aromatic carbocycles. The SMILES string of the molecule is CCN(C)Cc1cc(C)cc[c]1[Bi]([c]1ccccc1C)[c]1ccccc1C. The molecule has 0 N–H and O–H groups in total. The zero-order valence-electron chi connectivity index (χ0n) is 17.2. The van der Waals surface area contributed by atoms with Crippen LogP contribution in [0.2, 0.25) is 0 Å².